The van der Waals surface area contributed by atoms with E-state index in [2.05, 4.69) is 15.7 Å². The van der Waals surface area contributed by atoms with E-state index in [1.54, 1.807) is 18.2 Å². The number of halogens is 1. The maximum Gasteiger partial charge on any atom is 0.319 e. The number of aromatic nitrogens is 2. The zero-order chi connectivity index (χ0) is 17.0. The third-order valence-corrected chi connectivity index (χ3v) is 3.40. The van der Waals surface area contributed by atoms with Gasteiger partial charge in [0.25, 0.3) is 0 Å². The summed E-state index contributed by atoms with van der Waals surface area (Å²) in [7, 11) is 0. The molecule has 23 heavy (non-hydrogen) atoms. The van der Waals surface area contributed by atoms with Crippen LogP contribution < -0.4 is 10.6 Å². The van der Waals surface area contributed by atoms with Crippen molar-refractivity contribution in [1.29, 1.82) is 0 Å². The van der Waals surface area contributed by atoms with E-state index in [-0.39, 0.29) is 12.0 Å². The van der Waals surface area contributed by atoms with Crippen LogP contribution >= 0.6 is 0 Å². The van der Waals surface area contributed by atoms with Crippen molar-refractivity contribution >= 4 is 11.7 Å². The number of rotatable bonds is 4. The number of benzene rings is 1. The second kappa shape index (κ2) is 6.78. The summed E-state index contributed by atoms with van der Waals surface area (Å²) in [4.78, 5) is 11.8. The number of carbonyl (C=O) groups is 1. The van der Waals surface area contributed by atoms with E-state index in [4.69, 9.17) is 0 Å². The van der Waals surface area contributed by atoms with Gasteiger partial charge in [-0.25, -0.2) is 13.9 Å². The molecule has 6 nitrogen and oxygen atoms in total. The topological polar surface area (TPSA) is 79.2 Å². The van der Waals surface area contributed by atoms with Crippen LogP contribution in [0, 0.1) is 11.2 Å². The smallest absolute Gasteiger partial charge is 0.319 e. The number of anilines is 1. The fourth-order valence-electron chi connectivity index (χ4n) is 1.83. The Morgan fingerprint density at radius 3 is 2.74 bits per heavy atom. The molecule has 1 unspecified atom stereocenters. The molecular formula is C16H21FN4O2. The summed E-state index contributed by atoms with van der Waals surface area (Å²) in [6, 6.07) is 5.77. The van der Waals surface area contributed by atoms with Gasteiger partial charge in [-0.05, 0) is 17.5 Å². The molecule has 1 aromatic heterocycles. The highest BCUT2D eigenvalue weighted by molar-refractivity contribution is 5.88. The molecule has 0 spiro atoms. The van der Waals surface area contributed by atoms with Gasteiger partial charge in [-0.2, -0.15) is 5.10 Å². The van der Waals surface area contributed by atoms with E-state index >= 15 is 0 Å². The Labute approximate surface area is 134 Å². The molecule has 0 saturated heterocycles. The highest BCUT2D eigenvalue weighted by Crippen LogP contribution is 2.18. The van der Waals surface area contributed by atoms with Gasteiger partial charge in [0.15, 0.2) is 0 Å². The van der Waals surface area contributed by atoms with Crippen molar-refractivity contribution in [3.05, 3.63) is 42.5 Å². The van der Waals surface area contributed by atoms with Gasteiger partial charge in [-0.15, -0.1) is 0 Å². The number of hydrogen-bond acceptors (Lipinski definition) is 3. The molecule has 2 aromatic rings. The minimum Gasteiger partial charge on any atom is -0.391 e. The van der Waals surface area contributed by atoms with Crippen molar-refractivity contribution in [2.24, 2.45) is 5.41 Å². The molecule has 0 fully saturated rings. The molecule has 2 rings (SSSR count). The average Bonchev–Trinajstić information content (AvgIpc) is 2.92. The van der Waals surface area contributed by atoms with E-state index in [1.165, 1.54) is 23.1 Å². The summed E-state index contributed by atoms with van der Waals surface area (Å²) >= 11 is 0. The lowest BCUT2D eigenvalue weighted by Gasteiger charge is -2.25. The number of nitrogens with one attached hydrogen (secondary N) is 2. The number of amides is 2. The van der Waals surface area contributed by atoms with E-state index < -0.39 is 18.0 Å². The molecule has 1 aromatic carbocycles. The van der Waals surface area contributed by atoms with Crippen LogP contribution in [0.2, 0.25) is 0 Å². The SMILES string of the molecule is CC(C)(C)C(O)CNC(=O)Nc1cnn(-c2ccccc2F)c1. The lowest BCUT2D eigenvalue weighted by Crippen LogP contribution is -2.40. The van der Waals surface area contributed by atoms with E-state index in [9.17, 15) is 14.3 Å². The Hall–Kier alpha value is -2.41. The standard InChI is InChI=1S/C16H21FN4O2/c1-16(2,3)14(22)9-18-15(23)20-11-8-19-21(10-11)13-7-5-4-6-12(13)17/h4-8,10,14,22H,9H2,1-3H3,(H2,18,20,23). The first-order chi connectivity index (χ1) is 10.8. The van der Waals surface area contributed by atoms with Crippen LogP contribution in [0.1, 0.15) is 20.8 Å². The van der Waals surface area contributed by atoms with Crippen LogP contribution in [0.5, 0.6) is 0 Å². The Morgan fingerprint density at radius 2 is 2.09 bits per heavy atom. The van der Waals surface area contributed by atoms with E-state index in [1.807, 2.05) is 20.8 Å². The third kappa shape index (κ3) is 4.53. The lowest BCUT2D eigenvalue weighted by molar-refractivity contribution is 0.0654. The van der Waals surface area contributed by atoms with Gasteiger partial charge in [-0.1, -0.05) is 32.9 Å². The van der Waals surface area contributed by atoms with Crippen molar-refractivity contribution in [2.45, 2.75) is 26.9 Å². The van der Waals surface area contributed by atoms with Gasteiger partial charge in [0.2, 0.25) is 0 Å². The lowest BCUT2D eigenvalue weighted by atomic mass is 9.89. The predicted octanol–water partition coefficient (Wildman–Crippen LogP) is 2.54. The summed E-state index contributed by atoms with van der Waals surface area (Å²) < 4.78 is 15.0. The van der Waals surface area contributed by atoms with Crippen molar-refractivity contribution in [1.82, 2.24) is 15.1 Å². The zero-order valence-corrected chi connectivity index (χ0v) is 13.4. The second-order valence-corrected chi connectivity index (χ2v) is 6.34. The Morgan fingerprint density at radius 1 is 1.39 bits per heavy atom. The van der Waals surface area contributed by atoms with Crippen LogP contribution in [0.25, 0.3) is 5.69 Å². The van der Waals surface area contributed by atoms with Crippen molar-refractivity contribution in [2.75, 3.05) is 11.9 Å². The number of urea groups is 1. The monoisotopic (exact) mass is 320 g/mol. The normalized spacial score (nSPS) is 12.7. The number of aliphatic hydroxyl groups is 1. The van der Waals surface area contributed by atoms with Crippen LogP contribution in [-0.2, 0) is 0 Å². The van der Waals surface area contributed by atoms with Crippen LogP contribution in [-0.4, -0.2) is 33.6 Å². The Kier molecular flexibility index (Phi) is 5.00. The molecule has 0 radical (unpaired) electrons. The van der Waals surface area contributed by atoms with E-state index in [0.29, 0.717) is 11.4 Å². The number of hydrogen-bond donors (Lipinski definition) is 3. The first-order valence-electron chi connectivity index (χ1n) is 7.30. The molecule has 3 N–H and O–H groups in total. The minimum atomic E-state index is -0.658. The van der Waals surface area contributed by atoms with Crippen molar-refractivity contribution in [3.63, 3.8) is 0 Å². The maximum absolute atomic E-state index is 13.7. The summed E-state index contributed by atoms with van der Waals surface area (Å²) in [5, 5.41) is 19.1. The zero-order valence-electron chi connectivity index (χ0n) is 13.4. The van der Waals surface area contributed by atoms with Gasteiger partial charge < -0.3 is 15.7 Å². The minimum absolute atomic E-state index is 0.136. The number of para-hydroxylation sites is 1. The van der Waals surface area contributed by atoms with Gasteiger partial charge in [0, 0.05) is 6.54 Å². The first-order valence-corrected chi connectivity index (χ1v) is 7.30. The summed E-state index contributed by atoms with van der Waals surface area (Å²) in [5.41, 5.74) is 0.406. The highest BCUT2D eigenvalue weighted by atomic mass is 19.1. The number of aliphatic hydroxyl groups excluding tert-OH is 1. The average molecular weight is 320 g/mol. The molecule has 0 aliphatic carbocycles. The summed E-state index contributed by atoms with van der Waals surface area (Å²) in [5.74, 6) is -0.403. The van der Waals surface area contributed by atoms with Crippen molar-refractivity contribution < 1.29 is 14.3 Å². The second-order valence-electron chi connectivity index (χ2n) is 6.34. The van der Waals surface area contributed by atoms with Crippen LogP contribution in [0.15, 0.2) is 36.7 Å². The van der Waals surface area contributed by atoms with Gasteiger partial charge in [-0.3, -0.25) is 0 Å². The molecule has 1 atom stereocenters. The highest BCUT2D eigenvalue weighted by Gasteiger charge is 2.22. The molecule has 2 amide bonds. The molecule has 124 valence electrons. The quantitative estimate of drug-likeness (QED) is 0.810. The largest absolute Gasteiger partial charge is 0.391 e. The van der Waals surface area contributed by atoms with Gasteiger partial charge in [0.05, 0.1) is 24.2 Å². The molecule has 0 saturated carbocycles. The van der Waals surface area contributed by atoms with Crippen LogP contribution in [0.3, 0.4) is 0 Å². The molecule has 0 aliphatic heterocycles. The molecule has 7 heteroatoms. The Bertz CT molecular complexity index is 679. The van der Waals surface area contributed by atoms with Crippen molar-refractivity contribution in [3.8, 4) is 5.69 Å². The van der Waals surface area contributed by atoms with Crippen LogP contribution in [0.4, 0.5) is 14.9 Å². The van der Waals surface area contributed by atoms with Gasteiger partial charge in [0.1, 0.15) is 11.5 Å². The third-order valence-electron chi connectivity index (χ3n) is 3.40. The number of nitrogens with zero attached hydrogens (tertiary/aromatic N) is 2. The maximum atomic E-state index is 13.7. The Balaban J connectivity index is 1.94. The molecular weight excluding hydrogens is 299 g/mol. The molecule has 0 aliphatic rings. The van der Waals surface area contributed by atoms with Gasteiger partial charge >= 0.3 is 6.03 Å². The fourth-order valence-corrected chi connectivity index (χ4v) is 1.83. The summed E-state index contributed by atoms with van der Waals surface area (Å²) in [6.45, 7) is 5.79. The summed E-state index contributed by atoms with van der Waals surface area (Å²) in [6.07, 6.45) is 2.28. The fraction of sp³-hybridized carbons (Fsp3) is 0.375. The molecule has 1 heterocycles. The predicted molar refractivity (Wildman–Crippen MR) is 86.0 cm³/mol. The molecule has 0 bridgehead atoms. The number of carbonyl (C=O) groups excluding carboxylic acids is 1. The first kappa shape index (κ1) is 17.0. The van der Waals surface area contributed by atoms with E-state index in [0.717, 1.165) is 0 Å².